The molecule has 2 aromatic rings. The summed E-state index contributed by atoms with van der Waals surface area (Å²) in [5.41, 5.74) is 2.16. The van der Waals surface area contributed by atoms with E-state index in [1.807, 2.05) is 42.5 Å². The molecule has 0 saturated heterocycles. The summed E-state index contributed by atoms with van der Waals surface area (Å²) >= 11 is 0. The van der Waals surface area contributed by atoms with Crippen molar-refractivity contribution in [2.75, 3.05) is 19.0 Å². The lowest BCUT2D eigenvalue weighted by Crippen LogP contribution is -2.29. The number of rotatable bonds is 6. The van der Waals surface area contributed by atoms with E-state index in [4.69, 9.17) is 4.74 Å². The zero-order chi connectivity index (χ0) is 14.4. The maximum absolute atomic E-state index is 9.65. The van der Waals surface area contributed by atoms with Crippen LogP contribution in [0.1, 0.15) is 18.4 Å². The van der Waals surface area contributed by atoms with Gasteiger partial charge >= 0.3 is 0 Å². The van der Waals surface area contributed by atoms with Crippen LogP contribution in [0.25, 0.3) is 0 Å². The van der Waals surface area contributed by atoms with Crippen LogP contribution in [0.3, 0.4) is 0 Å². The second-order valence-corrected chi connectivity index (χ2v) is 4.86. The van der Waals surface area contributed by atoms with Gasteiger partial charge in [0.1, 0.15) is 5.75 Å². The molecule has 2 aromatic carbocycles. The molecule has 106 valence electrons. The Balaban J connectivity index is 2.12. The Bertz CT molecular complexity index is 528. The Kier molecular flexibility index (Phi) is 5.02. The summed E-state index contributed by atoms with van der Waals surface area (Å²) < 4.78 is 5.21. The number of benzene rings is 2. The maximum Gasteiger partial charge on any atom is 0.120 e. The fourth-order valence-electron chi connectivity index (χ4n) is 2.24. The largest absolute Gasteiger partial charge is 0.497 e. The lowest BCUT2D eigenvalue weighted by Gasteiger charge is -2.25. The van der Waals surface area contributed by atoms with Crippen molar-refractivity contribution < 1.29 is 9.84 Å². The SMILES string of the molecule is COc1cccc(NC(CO)C(C)c2ccccc2)c1. The molecule has 0 saturated carbocycles. The Morgan fingerprint density at radius 1 is 1.10 bits per heavy atom. The molecule has 0 radical (unpaired) electrons. The highest BCUT2D eigenvalue weighted by molar-refractivity contribution is 5.49. The number of ether oxygens (including phenoxy) is 1. The Morgan fingerprint density at radius 3 is 2.50 bits per heavy atom. The van der Waals surface area contributed by atoms with Gasteiger partial charge in [0.05, 0.1) is 19.8 Å². The van der Waals surface area contributed by atoms with Gasteiger partial charge in [-0.2, -0.15) is 0 Å². The molecule has 2 atom stereocenters. The molecule has 2 unspecified atom stereocenters. The molecule has 0 fully saturated rings. The zero-order valence-corrected chi connectivity index (χ0v) is 11.9. The second kappa shape index (κ2) is 6.96. The minimum Gasteiger partial charge on any atom is -0.497 e. The van der Waals surface area contributed by atoms with Crippen molar-refractivity contribution in [3.8, 4) is 5.75 Å². The third kappa shape index (κ3) is 3.52. The predicted molar refractivity (Wildman–Crippen MR) is 82.3 cm³/mol. The van der Waals surface area contributed by atoms with E-state index in [1.54, 1.807) is 7.11 Å². The van der Waals surface area contributed by atoms with Crippen LogP contribution in [0.4, 0.5) is 5.69 Å². The number of methoxy groups -OCH3 is 1. The van der Waals surface area contributed by atoms with Crippen molar-refractivity contribution in [3.63, 3.8) is 0 Å². The molecule has 0 bridgehead atoms. The van der Waals surface area contributed by atoms with Gasteiger partial charge in [-0.3, -0.25) is 0 Å². The number of hydrogen-bond acceptors (Lipinski definition) is 3. The highest BCUT2D eigenvalue weighted by Gasteiger charge is 2.18. The lowest BCUT2D eigenvalue weighted by molar-refractivity contribution is 0.262. The van der Waals surface area contributed by atoms with Gasteiger partial charge in [-0.1, -0.05) is 43.3 Å². The van der Waals surface area contributed by atoms with E-state index in [9.17, 15) is 5.11 Å². The number of hydrogen-bond donors (Lipinski definition) is 2. The molecule has 0 aromatic heterocycles. The van der Waals surface area contributed by atoms with E-state index < -0.39 is 0 Å². The Labute approximate surface area is 120 Å². The molecule has 0 aliphatic carbocycles. The molecule has 0 aliphatic rings. The molecule has 20 heavy (non-hydrogen) atoms. The predicted octanol–water partition coefficient (Wildman–Crippen LogP) is 3.27. The lowest BCUT2D eigenvalue weighted by atomic mass is 9.93. The standard InChI is InChI=1S/C17H21NO2/c1-13(14-7-4-3-5-8-14)17(12-19)18-15-9-6-10-16(11-15)20-2/h3-11,13,17-19H,12H2,1-2H3. The highest BCUT2D eigenvalue weighted by atomic mass is 16.5. The van der Waals surface area contributed by atoms with Gasteiger partial charge in [-0.25, -0.2) is 0 Å². The van der Waals surface area contributed by atoms with Gasteiger partial charge in [-0.05, 0) is 17.7 Å². The van der Waals surface area contributed by atoms with E-state index in [1.165, 1.54) is 5.56 Å². The van der Waals surface area contributed by atoms with E-state index in [-0.39, 0.29) is 18.6 Å². The fraction of sp³-hybridized carbons (Fsp3) is 0.294. The van der Waals surface area contributed by atoms with Crippen LogP contribution in [0.15, 0.2) is 54.6 Å². The first kappa shape index (κ1) is 14.4. The fourth-order valence-corrected chi connectivity index (χ4v) is 2.24. The third-order valence-electron chi connectivity index (χ3n) is 3.55. The summed E-state index contributed by atoms with van der Waals surface area (Å²) in [6.07, 6.45) is 0. The first-order valence-corrected chi connectivity index (χ1v) is 6.81. The summed E-state index contributed by atoms with van der Waals surface area (Å²) in [5.74, 6) is 1.02. The summed E-state index contributed by atoms with van der Waals surface area (Å²) in [6, 6.07) is 17.9. The van der Waals surface area contributed by atoms with Gasteiger partial charge in [0.25, 0.3) is 0 Å². The van der Waals surface area contributed by atoms with Gasteiger partial charge in [0.15, 0.2) is 0 Å². The van der Waals surface area contributed by atoms with Crippen LogP contribution < -0.4 is 10.1 Å². The van der Waals surface area contributed by atoms with Gasteiger partial charge in [-0.15, -0.1) is 0 Å². The Hall–Kier alpha value is -2.00. The number of nitrogens with one attached hydrogen (secondary N) is 1. The summed E-state index contributed by atoms with van der Waals surface area (Å²) in [5, 5.41) is 13.0. The van der Waals surface area contributed by atoms with E-state index in [0.717, 1.165) is 11.4 Å². The molecule has 2 rings (SSSR count). The maximum atomic E-state index is 9.65. The Morgan fingerprint density at radius 2 is 1.85 bits per heavy atom. The van der Waals surface area contributed by atoms with Gasteiger partial charge < -0.3 is 15.2 Å². The summed E-state index contributed by atoms with van der Waals surface area (Å²) in [7, 11) is 1.65. The van der Waals surface area contributed by atoms with Crippen molar-refractivity contribution >= 4 is 5.69 Å². The van der Waals surface area contributed by atoms with Crippen molar-refractivity contribution in [1.82, 2.24) is 0 Å². The molecule has 3 nitrogen and oxygen atoms in total. The van der Waals surface area contributed by atoms with Crippen molar-refractivity contribution in [2.24, 2.45) is 0 Å². The average Bonchev–Trinajstić information content (AvgIpc) is 2.53. The highest BCUT2D eigenvalue weighted by Crippen LogP contribution is 2.24. The van der Waals surface area contributed by atoms with Crippen LogP contribution in [-0.2, 0) is 0 Å². The van der Waals surface area contributed by atoms with Crippen LogP contribution in [0.2, 0.25) is 0 Å². The summed E-state index contributed by atoms with van der Waals surface area (Å²) in [6.45, 7) is 2.19. The number of aliphatic hydroxyl groups excluding tert-OH is 1. The zero-order valence-electron chi connectivity index (χ0n) is 11.9. The first-order chi connectivity index (χ1) is 9.74. The minimum absolute atomic E-state index is 0.0375. The number of anilines is 1. The van der Waals surface area contributed by atoms with Crippen molar-refractivity contribution in [3.05, 3.63) is 60.2 Å². The molecule has 0 spiro atoms. The molecule has 3 heteroatoms. The normalized spacial score (nSPS) is 13.6. The van der Waals surface area contributed by atoms with E-state index >= 15 is 0 Å². The first-order valence-electron chi connectivity index (χ1n) is 6.81. The number of aliphatic hydroxyl groups is 1. The minimum atomic E-state index is -0.0375. The van der Waals surface area contributed by atoms with Gasteiger partial charge in [0.2, 0.25) is 0 Å². The molecule has 0 aliphatic heterocycles. The third-order valence-corrected chi connectivity index (χ3v) is 3.55. The quantitative estimate of drug-likeness (QED) is 0.847. The van der Waals surface area contributed by atoms with Crippen molar-refractivity contribution in [1.29, 1.82) is 0 Å². The molecular weight excluding hydrogens is 250 g/mol. The summed E-state index contributed by atoms with van der Waals surface area (Å²) in [4.78, 5) is 0. The molecule has 2 N–H and O–H groups in total. The van der Waals surface area contributed by atoms with Gasteiger partial charge in [0, 0.05) is 17.7 Å². The van der Waals surface area contributed by atoms with E-state index in [0.29, 0.717) is 0 Å². The molecule has 0 heterocycles. The smallest absolute Gasteiger partial charge is 0.120 e. The topological polar surface area (TPSA) is 41.5 Å². The average molecular weight is 271 g/mol. The van der Waals surface area contributed by atoms with Crippen LogP contribution in [0, 0.1) is 0 Å². The van der Waals surface area contributed by atoms with Crippen LogP contribution in [-0.4, -0.2) is 24.9 Å². The van der Waals surface area contributed by atoms with E-state index in [2.05, 4.69) is 24.4 Å². The molecule has 0 amide bonds. The second-order valence-electron chi connectivity index (χ2n) is 4.86. The molecular formula is C17H21NO2. The monoisotopic (exact) mass is 271 g/mol. The van der Waals surface area contributed by atoms with Crippen LogP contribution >= 0.6 is 0 Å². The van der Waals surface area contributed by atoms with Crippen molar-refractivity contribution in [2.45, 2.75) is 18.9 Å². The van der Waals surface area contributed by atoms with Crippen LogP contribution in [0.5, 0.6) is 5.75 Å².